The molecule has 0 aliphatic carbocycles. The van der Waals surface area contributed by atoms with Crippen molar-refractivity contribution in [3.63, 3.8) is 0 Å². The zero-order valence-corrected chi connectivity index (χ0v) is 11.8. The number of hydrogen-bond donors (Lipinski definition) is 1. The van der Waals surface area contributed by atoms with Gasteiger partial charge in [-0.05, 0) is 48.4 Å². The maximum atomic E-state index is 5.81. The monoisotopic (exact) mass is 275 g/mol. The van der Waals surface area contributed by atoms with Crippen molar-refractivity contribution < 1.29 is 4.74 Å². The van der Waals surface area contributed by atoms with Crippen LogP contribution >= 0.6 is 11.6 Å². The molecule has 2 aromatic carbocycles. The molecular weight excluding hydrogens is 258 g/mol. The van der Waals surface area contributed by atoms with Gasteiger partial charge < -0.3 is 10.1 Å². The minimum absolute atomic E-state index is 0.622. The fourth-order valence-corrected chi connectivity index (χ4v) is 1.88. The molecule has 0 aliphatic rings. The third-order valence-electron chi connectivity index (χ3n) is 2.88. The molecule has 2 nitrogen and oxygen atoms in total. The van der Waals surface area contributed by atoms with Crippen molar-refractivity contribution in [1.29, 1.82) is 0 Å². The molecule has 1 N–H and O–H groups in total. The van der Waals surface area contributed by atoms with Gasteiger partial charge in [0.2, 0.25) is 0 Å². The van der Waals surface area contributed by atoms with E-state index < -0.39 is 0 Å². The third kappa shape index (κ3) is 4.49. The molecule has 0 radical (unpaired) electrons. The average molecular weight is 276 g/mol. The molecule has 3 heteroatoms. The number of hydrogen-bond acceptors (Lipinski definition) is 2. The van der Waals surface area contributed by atoms with E-state index >= 15 is 0 Å². The topological polar surface area (TPSA) is 21.3 Å². The first-order valence-electron chi connectivity index (χ1n) is 6.49. The van der Waals surface area contributed by atoms with Crippen LogP contribution in [0, 0.1) is 0 Å². The van der Waals surface area contributed by atoms with E-state index in [0.717, 1.165) is 29.4 Å². The number of aryl methyl sites for hydroxylation is 1. The lowest BCUT2D eigenvalue weighted by Crippen LogP contribution is -2.11. The molecule has 2 rings (SSSR count). The molecule has 100 valence electrons. The molecule has 0 heterocycles. The second-order valence-electron chi connectivity index (χ2n) is 4.28. The van der Waals surface area contributed by atoms with Crippen LogP contribution in [-0.2, 0) is 6.42 Å². The summed E-state index contributed by atoms with van der Waals surface area (Å²) in [4.78, 5) is 0. The highest BCUT2D eigenvalue weighted by Crippen LogP contribution is 2.15. The van der Waals surface area contributed by atoms with Crippen LogP contribution in [0.5, 0.6) is 5.75 Å². The molecule has 0 bridgehead atoms. The predicted octanol–water partition coefficient (Wildman–Crippen LogP) is 4.39. The molecule has 0 aromatic heterocycles. The summed E-state index contributed by atoms with van der Waals surface area (Å²) in [6, 6.07) is 15.9. The van der Waals surface area contributed by atoms with Gasteiger partial charge in [0.05, 0.1) is 0 Å². The van der Waals surface area contributed by atoms with Crippen molar-refractivity contribution in [2.24, 2.45) is 0 Å². The van der Waals surface area contributed by atoms with E-state index in [0.29, 0.717) is 6.61 Å². The van der Waals surface area contributed by atoms with Gasteiger partial charge in [-0.1, -0.05) is 30.7 Å². The van der Waals surface area contributed by atoms with E-state index in [1.165, 1.54) is 5.56 Å². The van der Waals surface area contributed by atoms with Gasteiger partial charge in [-0.15, -0.1) is 0 Å². The number of halogens is 1. The summed E-state index contributed by atoms with van der Waals surface area (Å²) in [6.07, 6.45) is 1.07. The lowest BCUT2D eigenvalue weighted by Gasteiger charge is -2.09. The van der Waals surface area contributed by atoms with Crippen LogP contribution in [0.15, 0.2) is 48.5 Å². The normalized spacial score (nSPS) is 10.2. The van der Waals surface area contributed by atoms with Crippen molar-refractivity contribution in [1.82, 2.24) is 0 Å². The maximum Gasteiger partial charge on any atom is 0.119 e. The van der Waals surface area contributed by atoms with Crippen LogP contribution < -0.4 is 10.1 Å². The van der Waals surface area contributed by atoms with E-state index in [1.54, 1.807) is 0 Å². The number of benzene rings is 2. The average Bonchev–Trinajstić information content (AvgIpc) is 2.46. The summed E-state index contributed by atoms with van der Waals surface area (Å²) < 4.78 is 5.61. The first-order chi connectivity index (χ1) is 9.28. The van der Waals surface area contributed by atoms with Crippen LogP contribution in [0.25, 0.3) is 0 Å². The van der Waals surface area contributed by atoms with Gasteiger partial charge in [0, 0.05) is 17.3 Å². The summed E-state index contributed by atoms with van der Waals surface area (Å²) in [5.41, 5.74) is 2.47. The van der Waals surface area contributed by atoms with Gasteiger partial charge >= 0.3 is 0 Å². The Morgan fingerprint density at radius 1 is 1.00 bits per heavy atom. The van der Waals surface area contributed by atoms with E-state index in [-0.39, 0.29) is 0 Å². The zero-order valence-electron chi connectivity index (χ0n) is 11.0. The van der Waals surface area contributed by atoms with Crippen molar-refractivity contribution in [2.45, 2.75) is 13.3 Å². The molecule has 0 unspecified atom stereocenters. The minimum atomic E-state index is 0.622. The fourth-order valence-electron chi connectivity index (χ4n) is 1.75. The summed E-state index contributed by atoms with van der Waals surface area (Å²) >= 11 is 5.81. The highest BCUT2D eigenvalue weighted by molar-refractivity contribution is 6.30. The lowest BCUT2D eigenvalue weighted by molar-refractivity contribution is 0.333. The Morgan fingerprint density at radius 2 is 1.68 bits per heavy atom. The lowest BCUT2D eigenvalue weighted by atomic mass is 10.1. The van der Waals surface area contributed by atoms with Gasteiger partial charge in [-0.2, -0.15) is 0 Å². The molecule has 0 saturated carbocycles. The Morgan fingerprint density at radius 3 is 2.32 bits per heavy atom. The molecular formula is C16H18ClNO. The molecule has 0 aliphatic heterocycles. The van der Waals surface area contributed by atoms with E-state index in [9.17, 15) is 0 Å². The van der Waals surface area contributed by atoms with Gasteiger partial charge in [0.15, 0.2) is 0 Å². The molecule has 0 spiro atoms. The molecule has 19 heavy (non-hydrogen) atoms. The quantitative estimate of drug-likeness (QED) is 0.789. The fraction of sp³-hybridized carbons (Fsp3) is 0.250. The summed E-state index contributed by atoms with van der Waals surface area (Å²) in [5.74, 6) is 0.840. The number of nitrogens with one attached hydrogen (secondary N) is 1. The van der Waals surface area contributed by atoms with Gasteiger partial charge in [-0.25, -0.2) is 0 Å². The number of anilines is 1. The second kappa shape index (κ2) is 7.05. The Labute approximate surface area is 119 Å². The largest absolute Gasteiger partial charge is 0.492 e. The first kappa shape index (κ1) is 13.8. The molecule has 2 aromatic rings. The molecule has 0 amide bonds. The highest BCUT2D eigenvalue weighted by Gasteiger charge is 1.95. The Bertz CT molecular complexity index is 493. The predicted molar refractivity (Wildman–Crippen MR) is 81.3 cm³/mol. The van der Waals surface area contributed by atoms with Crippen LogP contribution in [0.1, 0.15) is 12.5 Å². The van der Waals surface area contributed by atoms with Crippen LogP contribution in [0.2, 0.25) is 5.02 Å². The van der Waals surface area contributed by atoms with E-state index in [1.807, 2.05) is 24.3 Å². The van der Waals surface area contributed by atoms with Crippen molar-refractivity contribution >= 4 is 17.3 Å². The Hall–Kier alpha value is -1.67. The highest BCUT2D eigenvalue weighted by atomic mass is 35.5. The first-order valence-corrected chi connectivity index (χ1v) is 6.87. The standard InChI is InChI=1S/C16H18ClNO/c1-2-13-3-7-15(8-4-13)18-11-12-19-16-9-5-14(17)6-10-16/h3-10,18H,2,11-12H2,1H3. The van der Waals surface area contributed by atoms with Gasteiger partial charge in [0.1, 0.15) is 12.4 Å². The molecule has 0 saturated heterocycles. The van der Waals surface area contributed by atoms with Crippen molar-refractivity contribution in [2.75, 3.05) is 18.5 Å². The van der Waals surface area contributed by atoms with Crippen LogP contribution in [0.4, 0.5) is 5.69 Å². The van der Waals surface area contributed by atoms with Gasteiger partial charge in [-0.3, -0.25) is 0 Å². The van der Waals surface area contributed by atoms with E-state index in [4.69, 9.17) is 16.3 Å². The third-order valence-corrected chi connectivity index (χ3v) is 3.13. The Balaban J connectivity index is 1.72. The van der Waals surface area contributed by atoms with Crippen molar-refractivity contribution in [3.05, 3.63) is 59.1 Å². The summed E-state index contributed by atoms with van der Waals surface area (Å²) in [5, 5.41) is 4.05. The van der Waals surface area contributed by atoms with Crippen molar-refractivity contribution in [3.8, 4) is 5.75 Å². The zero-order chi connectivity index (χ0) is 13.5. The molecule has 0 atom stereocenters. The second-order valence-corrected chi connectivity index (χ2v) is 4.72. The SMILES string of the molecule is CCc1ccc(NCCOc2ccc(Cl)cc2)cc1. The summed E-state index contributed by atoms with van der Waals surface area (Å²) in [7, 11) is 0. The number of rotatable bonds is 6. The maximum absolute atomic E-state index is 5.81. The van der Waals surface area contributed by atoms with Crippen LogP contribution in [-0.4, -0.2) is 13.2 Å². The number of ether oxygens (including phenoxy) is 1. The smallest absolute Gasteiger partial charge is 0.119 e. The minimum Gasteiger partial charge on any atom is -0.492 e. The summed E-state index contributed by atoms with van der Waals surface area (Å²) in [6.45, 7) is 3.55. The van der Waals surface area contributed by atoms with Gasteiger partial charge in [0.25, 0.3) is 0 Å². The Kier molecular flexibility index (Phi) is 5.10. The van der Waals surface area contributed by atoms with Crippen LogP contribution in [0.3, 0.4) is 0 Å². The molecule has 0 fully saturated rings. The van der Waals surface area contributed by atoms with E-state index in [2.05, 4.69) is 36.5 Å².